The van der Waals surface area contributed by atoms with E-state index in [1.807, 2.05) is 48.0 Å². The maximum absolute atomic E-state index is 12.7. The normalized spacial score (nSPS) is 12.0. The van der Waals surface area contributed by atoms with Crippen molar-refractivity contribution in [2.75, 3.05) is 0 Å². The second-order valence-corrected chi connectivity index (χ2v) is 6.01. The highest BCUT2D eigenvalue weighted by molar-refractivity contribution is 5.78. The highest BCUT2D eigenvalue weighted by Crippen LogP contribution is 2.18. The predicted molar refractivity (Wildman–Crippen MR) is 95.0 cm³/mol. The van der Waals surface area contributed by atoms with Crippen LogP contribution < -0.4 is 5.43 Å². The van der Waals surface area contributed by atoms with E-state index in [1.54, 1.807) is 12.1 Å². The van der Waals surface area contributed by atoms with E-state index in [4.69, 9.17) is 5.26 Å². The van der Waals surface area contributed by atoms with Crippen LogP contribution in [-0.2, 0) is 6.54 Å². The van der Waals surface area contributed by atoms with Crippen molar-refractivity contribution in [1.29, 1.82) is 5.26 Å². The predicted octanol–water partition coefficient (Wildman–Crippen LogP) is 3.83. The highest BCUT2D eigenvalue weighted by atomic mass is 16.1. The summed E-state index contributed by atoms with van der Waals surface area (Å²) in [4.78, 5) is 12.7. The Balaban J connectivity index is 2.13. The van der Waals surface area contributed by atoms with Crippen LogP contribution in [0.4, 0.5) is 0 Å². The Kier molecular flexibility index (Phi) is 4.43. The van der Waals surface area contributed by atoms with Crippen molar-refractivity contribution in [1.82, 2.24) is 9.78 Å². The van der Waals surface area contributed by atoms with Crippen LogP contribution in [-0.4, -0.2) is 9.78 Å². The summed E-state index contributed by atoms with van der Waals surface area (Å²) in [5.74, 6) is 0.120. The molecule has 0 saturated heterocycles. The Morgan fingerprint density at radius 3 is 2.54 bits per heavy atom. The molecular formula is C20H19N3O. The van der Waals surface area contributed by atoms with E-state index in [1.165, 1.54) is 0 Å². The van der Waals surface area contributed by atoms with Crippen LogP contribution in [0.5, 0.6) is 0 Å². The smallest absolute Gasteiger partial charge is 0.211 e. The first-order valence-corrected chi connectivity index (χ1v) is 8.12. The molecule has 0 N–H and O–H groups in total. The minimum Gasteiger partial charge on any atom is -0.287 e. The van der Waals surface area contributed by atoms with Crippen LogP contribution in [0.15, 0.2) is 53.3 Å². The third-order valence-electron chi connectivity index (χ3n) is 4.38. The van der Waals surface area contributed by atoms with Gasteiger partial charge in [0.05, 0.1) is 23.7 Å². The van der Waals surface area contributed by atoms with Gasteiger partial charge in [0, 0.05) is 11.3 Å². The summed E-state index contributed by atoms with van der Waals surface area (Å²) in [6.07, 6.45) is 0.872. The number of aromatic nitrogens is 2. The molecule has 24 heavy (non-hydrogen) atoms. The lowest BCUT2D eigenvalue weighted by atomic mass is 10.0. The fraction of sp³-hybridized carbons (Fsp3) is 0.250. The number of fused-ring (bicyclic) bond motifs is 1. The molecule has 1 atom stereocenters. The summed E-state index contributed by atoms with van der Waals surface area (Å²) >= 11 is 0. The van der Waals surface area contributed by atoms with Crippen molar-refractivity contribution < 1.29 is 0 Å². The van der Waals surface area contributed by atoms with Gasteiger partial charge in [-0.25, -0.2) is 0 Å². The van der Waals surface area contributed by atoms with Gasteiger partial charge < -0.3 is 0 Å². The summed E-state index contributed by atoms with van der Waals surface area (Å²) in [5.41, 5.74) is 3.15. The standard InChI is InChI=1S/C20H19N3O/c1-3-14(2)19-20(24)17-6-4-5-7-18(17)23(22-19)13-16-10-8-15(12-21)9-11-16/h4-11,14H,3,13H2,1-2H3. The molecule has 4 nitrogen and oxygen atoms in total. The molecule has 1 heterocycles. The lowest BCUT2D eigenvalue weighted by molar-refractivity contribution is 0.618. The number of benzene rings is 2. The van der Waals surface area contributed by atoms with Gasteiger partial charge in [-0.2, -0.15) is 10.4 Å². The van der Waals surface area contributed by atoms with Crippen LogP contribution in [0, 0.1) is 11.3 Å². The van der Waals surface area contributed by atoms with Crippen molar-refractivity contribution in [3.8, 4) is 6.07 Å². The Morgan fingerprint density at radius 1 is 1.17 bits per heavy atom. The molecule has 0 aliphatic carbocycles. The quantitative estimate of drug-likeness (QED) is 0.735. The molecule has 0 amide bonds. The Morgan fingerprint density at radius 2 is 1.88 bits per heavy atom. The van der Waals surface area contributed by atoms with Crippen molar-refractivity contribution >= 4 is 10.9 Å². The van der Waals surface area contributed by atoms with Gasteiger partial charge >= 0.3 is 0 Å². The summed E-state index contributed by atoms with van der Waals surface area (Å²) in [6, 6.07) is 17.2. The van der Waals surface area contributed by atoms with E-state index in [-0.39, 0.29) is 11.3 Å². The Labute approximate surface area is 141 Å². The van der Waals surface area contributed by atoms with Gasteiger partial charge in [0.2, 0.25) is 5.43 Å². The number of hydrogen-bond donors (Lipinski definition) is 0. The molecule has 2 aromatic carbocycles. The van der Waals surface area contributed by atoms with Crippen molar-refractivity contribution in [3.63, 3.8) is 0 Å². The number of para-hydroxylation sites is 1. The lowest BCUT2D eigenvalue weighted by Crippen LogP contribution is -2.21. The van der Waals surface area contributed by atoms with Gasteiger partial charge in [0.15, 0.2) is 0 Å². The van der Waals surface area contributed by atoms with E-state index >= 15 is 0 Å². The molecule has 4 heteroatoms. The summed E-state index contributed by atoms with van der Waals surface area (Å²) in [7, 11) is 0. The van der Waals surface area contributed by atoms with E-state index in [0.717, 1.165) is 17.5 Å². The molecule has 0 fully saturated rings. The average molecular weight is 317 g/mol. The zero-order chi connectivity index (χ0) is 17.1. The van der Waals surface area contributed by atoms with E-state index in [9.17, 15) is 4.79 Å². The molecule has 1 aromatic heterocycles. The zero-order valence-electron chi connectivity index (χ0n) is 13.9. The van der Waals surface area contributed by atoms with E-state index in [2.05, 4.69) is 18.1 Å². The monoisotopic (exact) mass is 317 g/mol. The number of nitrogens with zero attached hydrogens (tertiary/aromatic N) is 3. The lowest BCUT2D eigenvalue weighted by Gasteiger charge is -2.15. The highest BCUT2D eigenvalue weighted by Gasteiger charge is 2.15. The molecule has 3 rings (SSSR count). The molecule has 0 radical (unpaired) electrons. The van der Waals surface area contributed by atoms with Gasteiger partial charge in [-0.3, -0.25) is 9.48 Å². The van der Waals surface area contributed by atoms with Crippen LogP contribution in [0.25, 0.3) is 10.9 Å². The first kappa shape index (κ1) is 15.9. The summed E-state index contributed by atoms with van der Waals surface area (Å²) in [5, 5.41) is 14.3. The molecular weight excluding hydrogens is 298 g/mol. The second-order valence-electron chi connectivity index (χ2n) is 6.01. The Bertz CT molecular complexity index is 965. The van der Waals surface area contributed by atoms with Gasteiger partial charge in [-0.15, -0.1) is 0 Å². The molecule has 0 spiro atoms. The van der Waals surface area contributed by atoms with E-state index < -0.39 is 0 Å². The molecule has 120 valence electrons. The number of hydrogen-bond acceptors (Lipinski definition) is 3. The van der Waals surface area contributed by atoms with Gasteiger partial charge in [-0.05, 0) is 36.2 Å². The minimum atomic E-state index is 0.0241. The number of rotatable bonds is 4. The largest absolute Gasteiger partial charge is 0.287 e. The third kappa shape index (κ3) is 2.93. The van der Waals surface area contributed by atoms with Gasteiger partial charge in [0.1, 0.15) is 5.69 Å². The van der Waals surface area contributed by atoms with Gasteiger partial charge in [-0.1, -0.05) is 38.1 Å². The SMILES string of the molecule is CCC(C)c1nn(Cc2ccc(C#N)cc2)c2ccccc2c1=O. The molecule has 0 aliphatic rings. The van der Waals surface area contributed by atoms with Crippen LogP contribution in [0.2, 0.25) is 0 Å². The maximum atomic E-state index is 12.7. The second kappa shape index (κ2) is 6.67. The van der Waals surface area contributed by atoms with Crippen molar-refractivity contribution in [2.24, 2.45) is 0 Å². The summed E-state index contributed by atoms with van der Waals surface area (Å²) in [6.45, 7) is 4.66. The van der Waals surface area contributed by atoms with E-state index in [0.29, 0.717) is 23.2 Å². The summed E-state index contributed by atoms with van der Waals surface area (Å²) < 4.78 is 1.89. The maximum Gasteiger partial charge on any atom is 0.211 e. The number of nitriles is 1. The third-order valence-corrected chi connectivity index (χ3v) is 4.38. The average Bonchev–Trinajstić information content (AvgIpc) is 2.64. The van der Waals surface area contributed by atoms with Crippen LogP contribution in [0.3, 0.4) is 0 Å². The molecule has 1 unspecified atom stereocenters. The molecule has 0 saturated carbocycles. The zero-order valence-corrected chi connectivity index (χ0v) is 13.9. The molecule has 0 aliphatic heterocycles. The molecule has 0 bridgehead atoms. The minimum absolute atomic E-state index is 0.0241. The van der Waals surface area contributed by atoms with Crippen molar-refractivity contribution in [2.45, 2.75) is 32.7 Å². The topological polar surface area (TPSA) is 58.7 Å². The van der Waals surface area contributed by atoms with Crippen LogP contribution in [0.1, 0.15) is 43.0 Å². The fourth-order valence-corrected chi connectivity index (χ4v) is 2.75. The fourth-order valence-electron chi connectivity index (χ4n) is 2.75. The first-order chi connectivity index (χ1) is 11.6. The Hall–Kier alpha value is -2.93. The molecule has 3 aromatic rings. The van der Waals surface area contributed by atoms with Crippen LogP contribution >= 0.6 is 0 Å². The van der Waals surface area contributed by atoms with Gasteiger partial charge in [0.25, 0.3) is 0 Å². The van der Waals surface area contributed by atoms with Crippen molar-refractivity contribution in [3.05, 3.63) is 75.6 Å². The first-order valence-electron chi connectivity index (χ1n) is 8.12.